The molecule has 0 aliphatic carbocycles. The Balaban J connectivity index is 1.73. The molecule has 0 spiro atoms. The predicted molar refractivity (Wildman–Crippen MR) is 115 cm³/mol. The number of rotatable bonds is 8. The molecule has 1 N–H and O–H groups in total. The van der Waals surface area contributed by atoms with E-state index in [1.165, 1.54) is 25.8 Å². The van der Waals surface area contributed by atoms with Gasteiger partial charge in [-0.1, -0.05) is 23.8 Å². The van der Waals surface area contributed by atoms with Gasteiger partial charge in [0.05, 0.1) is 19.9 Å². The van der Waals surface area contributed by atoms with Gasteiger partial charge in [0.1, 0.15) is 21.4 Å². The van der Waals surface area contributed by atoms with Gasteiger partial charge in [-0.25, -0.2) is 18.1 Å². The molecular weight excluding hydrogens is 408 g/mol. The minimum absolute atomic E-state index is 0.0563. The Labute approximate surface area is 175 Å². The van der Waals surface area contributed by atoms with Crippen LogP contribution in [0.2, 0.25) is 0 Å². The zero-order valence-electron chi connectivity index (χ0n) is 16.9. The van der Waals surface area contributed by atoms with Crippen LogP contribution in [0, 0.1) is 13.8 Å². The Hall–Kier alpha value is -2.42. The van der Waals surface area contributed by atoms with Crippen LogP contribution in [0.5, 0.6) is 11.5 Å². The Morgan fingerprint density at radius 3 is 2.55 bits per heavy atom. The van der Waals surface area contributed by atoms with Gasteiger partial charge < -0.3 is 9.47 Å². The summed E-state index contributed by atoms with van der Waals surface area (Å²) in [5.74, 6) is 0.723. The van der Waals surface area contributed by atoms with Crippen LogP contribution in [0.4, 0.5) is 0 Å². The second kappa shape index (κ2) is 8.94. The van der Waals surface area contributed by atoms with Crippen LogP contribution in [0.3, 0.4) is 0 Å². The van der Waals surface area contributed by atoms with Crippen LogP contribution >= 0.6 is 11.3 Å². The van der Waals surface area contributed by atoms with Crippen molar-refractivity contribution in [2.45, 2.75) is 25.2 Å². The van der Waals surface area contributed by atoms with Crippen LogP contribution < -0.4 is 14.2 Å². The molecule has 0 unspecified atom stereocenters. The molecule has 0 aliphatic rings. The lowest BCUT2D eigenvalue weighted by molar-refractivity contribution is 0.392. The van der Waals surface area contributed by atoms with Crippen molar-refractivity contribution in [3.63, 3.8) is 0 Å². The molecule has 29 heavy (non-hydrogen) atoms. The van der Waals surface area contributed by atoms with Gasteiger partial charge in [-0.2, -0.15) is 0 Å². The van der Waals surface area contributed by atoms with E-state index in [4.69, 9.17) is 9.47 Å². The van der Waals surface area contributed by atoms with Gasteiger partial charge in [0, 0.05) is 23.1 Å². The van der Waals surface area contributed by atoms with Crippen molar-refractivity contribution in [2.24, 2.45) is 0 Å². The monoisotopic (exact) mass is 432 g/mol. The molecule has 154 valence electrons. The fourth-order valence-corrected chi connectivity index (χ4v) is 5.20. The predicted octanol–water partition coefficient (Wildman–Crippen LogP) is 3.97. The lowest BCUT2D eigenvalue weighted by Gasteiger charge is -2.12. The molecule has 1 heterocycles. The second-order valence-corrected chi connectivity index (χ2v) is 9.38. The summed E-state index contributed by atoms with van der Waals surface area (Å²) < 4.78 is 38.5. The van der Waals surface area contributed by atoms with E-state index in [0.29, 0.717) is 12.2 Å². The number of hydrogen-bond acceptors (Lipinski definition) is 6. The van der Waals surface area contributed by atoms with Gasteiger partial charge in [-0.15, -0.1) is 11.3 Å². The zero-order chi connectivity index (χ0) is 21.0. The van der Waals surface area contributed by atoms with E-state index in [2.05, 4.69) is 15.8 Å². The maximum absolute atomic E-state index is 12.8. The first-order valence-electron chi connectivity index (χ1n) is 9.09. The third kappa shape index (κ3) is 4.95. The average Bonchev–Trinajstić information content (AvgIpc) is 3.08. The van der Waals surface area contributed by atoms with Gasteiger partial charge in [-0.05, 0) is 38.5 Å². The Morgan fingerprint density at radius 1 is 1.07 bits per heavy atom. The van der Waals surface area contributed by atoms with Gasteiger partial charge in [0.15, 0.2) is 0 Å². The highest BCUT2D eigenvalue weighted by Gasteiger charge is 2.20. The number of ether oxygens (including phenoxy) is 2. The summed E-state index contributed by atoms with van der Waals surface area (Å²) in [7, 11) is -0.811. The maximum Gasteiger partial charge on any atom is 0.244 e. The molecular formula is C21H24N2O4S2. The van der Waals surface area contributed by atoms with Crippen molar-refractivity contribution in [1.82, 2.24) is 9.71 Å². The zero-order valence-corrected chi connectivity index (χ0v) is 18.5. The SMILES string of the molecule is COc1ccc(OC)c(S(=O)(=O)NCCc2sc(-c3cccc(C)c3)nc2C)c1. The Kier molecular flexibility index (Phi) is 6.56. The molecule has 0 amide bonds. The highest BCUT2D eigenvalue weighted by Crippen LogP contribution is 2.30. The lowest BCUT2D eigenvalue weighted by atomic mass is 10.1. The normalized spacial score (nSPS) is 11.4. The maximum atomic E-state index is 12.8. The molecule has 2 aromatic carbocycles. The van der Waals surface area contributed by atoms with E-state index in [1.807, 2.05) is 32.0 Å². The summed E-state index contributed by atoms with van der Waals surface area (Å²) in [6.45, 7) is 4.26. The van der Waals surface area contributed by atoms with Crippen molar-refractivity contribution >= 4 is 21.4 Å². The highest BCUT2D eigenvalue weighted by molar-refractivity contribution is 7.89. The average molecular weight is 433 g/mol. The van der Waals surface area contributed by atoms with Crippen LogP contribution in [-0.2, 0) is 16.4 Å². The molecule has 0 atom stereocenters. The number of nitrogens with zero attached hydrogens (tertiary/aromatic N) is 1. The Morgan fingerprint density at radius 2 is 1.86 bits per heavy atom. The largest absolute Gasteiger partial charge is 0.497 e. The van der Waals surface area contributed by atoms with Crippen LogP contribution in [0.1, 0.15) is 16.1 Å². The second-order valence-electron chi connectivity index (χ2n) is 6.56. The van der Waals surface area contributed by atoms with E-state index in [0.717, 1.165) is 21.1 Å². The third-order valence-corrected chi connectivity index (χ3v) is 7.21. The van der Waals surface area contributed by atoms with Crippen LogP contribution in [-0.4, -0.2) is 34.2 Å². The molecule has 0 saturated carbocycles. The first kappa shape index (κ1) is 21.3. The van der Waals surface area contributed by atoms with Gasteiger partial charge in [0.2, 0.25) is 10.0 Å². The van der Waals surface area contributed by atoms with Crippen LogP contribution in [0.25, 0.3) is 10.6 Å². The van der Waals surface area contributed by atoms with Crippen molar-refractivity contribution in [3.05, 3.63) is 58.6 Å². The summed E-state index contributed by atoms with van der Waals surface area (Å²) >= 11 is 1.59. The quantitative estimate of drug-likeness (QED) is 0.583. The minimum atomic E-state index is -3.74. The van der Waals surface area contributed by atoms with E-state index >= 15 is 0 Å². The summed E-state index contributed by atoms with van der Waals surface area (Å²) in [5.41, 5.74) is 3.17. The molecule has 0 bridgehead atoms. The smallest absolute Gasteiger partial charge is 0.244 e. The fourth-order valence-electron chi connectivity index (χ4n) is 2.93. The summed E-state index contributed by atoms with van der Waals surface area (Å²) in [4.78, 5) is 5.76. The number of aromatic nitrogens is 1. The fraction of sp³-hybridized carbons (Fsp3) is 0.286. The van der Waals surface area contributed by atoms with E-state index in [-0.39, 0.29) is 17.2 Å². The van der Waals surface area contributed by atoms with Crippen LogP contribution in [0.15, 0.2) is 47.4 Å². The third-order valence-electron chi connectivity index (χ3n) is 4.46. The minimum Gasteiger partial charge on any atom is -0.497 e. The lowest BCUT2D eigenvalue weighted by Crippen LogP contribution is -2.26. The molecule has 1 aromatic heterocycles. The molecule has 8 heteroatoms. The first-order chi connectivity index (χ1) is 13.8. The molecule has 0 radical (unpaired) electrons. The standard InChI is InChI=1S/C21H24N2O4S2/c1-14-6-5-7-16(12-14)21-23-15(2)19(28-21)10-11-22-29(24,25)20-13-17(26-3)8-9-18(20)27-4/h5-9,12-13,22H,10-11H2,1-4H3. The molecule has 3 rings (SSSR count). The van der Waals surface area contributed by atoms with E-state index in [9.17, 15) is 8.42 Å². The topological polar surface area (TPSA) is 77.5 Å². The van der Waals surface area contributed by atoms with Crippen molar-refractivity contribution in [1.29, 1.82) is 0 Å². The molecule has 0 saturated heterocycles. The molecule has 0 fully saturated rings. The molecule has 3 aromatic rings. The number of thiazole rings is 1. The number of benzene rings is 2. The van der Waals surface area contributed by atoms with Gasteiger partial charge >= 0.3 is 0 Å². The van der Waals surface area contributed by atoms with Crippen molar-refractivity contribution in [2.75, 3.05) is 20.8 Å². The summed E-state index contributed by atoms with van der Waals surface area (Å²) in [5, 5.41) is 0.943. The van der Waals surface area contributed by atoms with Gasteiger partial charge in [-0.3, -0.25) is 0 Å². The van der Waals surface area contributed by atoms with Crippen molar-refractivity contribution < 1.29 is 17.9 Å². The number of hydrogen-bond donors (Lipinski definition) is 1. The summed E-state index contributed by atoms with van der Waals surface area (Å²) in [6, 6.07) is 12.9. The number of methoxy groups -OCH3 is 2. The van der Waals surface area contributed by atoms with E-state index < -0.39 is 10.0 Å². The number of aryl methyl sites for hydroxylation is 2. The highest BCUT2D eigenvalue weighted by atomic mass is 32.2. The number of nitrogens with one attached hydrogen (secondary N) is 1. The van der Waals surface area contributed by atoms with E-state index in [1.54, 1.807) is 23.5 Å². The molecule has 0 aliphatic heterocycles. The number of sulfonamides is 1. The van der Waals surface area contributed by atoms with Crippen molar-refractivity contribution in [3.8, 4) is 22.1 Å². The van der Waals surface area contributed by atoms with Gasteiger partial charge in [0.25, 0.3) is 0 Å². The summed E-state index contributed by atoms with van der Waals surface area (Å²) in [6.07, 6.45) is 0.556. The first-order valence-corrected chi connectivity index (χ1v) is 11.4. The Bertz CT molecular complexity index is 1110. The molecule has 6 nitrogen and oxygen atoms in total.